The first-order valence-electron chi connectivity index (χ1n) is 11.4. The van der Waals surface area contributed by atoms with E-state index in [1.165, 1.54) is 31.3 Å². The third-order valence-electron chi connectivity index (χ3n) is 5.77. The van der Waals surface area contributed by atoms with E-state index in [1.807, 2.05) is 13.8 Å². The standard InChI is InChI=1S/C25H34ClN3O6S/c1-7-17(2)27-25(31)18(3)28(15-19-8-10-20(26)11-9-19)24(30)16-29(36(6,32)33)21-12-13-22(34-4)23(14-21)35-5/h8-14,17-18H,7,15-16H2,1-6H3,(H,27,31). The number of nitrogens with zero attached hydrogens (tertiary/aromatic N) is 2. The Morgan fingerprint density at radius 2 is 1.64 bits per heavy atom. The molecule has 0 aromatic heterocycles. The van der Waals surface area contributed by atoms with Gasteiger partial charge in [-0.2, -0.15) is 0 Å². The van der Waals surface area contributed by atoms with Crippen LogP contribution in [0, 0.1) is 0 Å². The highest BCUT2D eigenvalue weighted by Crippen LogP contribution is 2.32. The lowest BCUT2D eigenvalue weighted by atomic mass is 10.1. The summed E-state index contributed by atoms with van der Waals surface area (Å²) in [5, 5.41) is 3.42. The van der Waals surface area contributed by atoms with Gasteiger partial charge in [-0.05, 0) is 50.1 Å². The van der Waals surface area contributed by atoms with Gasteiger partial charge in [0.2, 0.25) is 21.8 Å². The van der Waals surface area contributed by atoms with Crippen molar-refractivity contribution in [1.82, 2.24) is 10.2 Å². The van der Waals surface area contributed by atoms with Crippen LogP contribution in [-0.4, -0.2) is 64.2 Å². The lowest BCUT2D eigenvalue weighted by molar-refractivity contribution is -0.139. The lowest BCUT2D eigenvalue weighted by Gasteiger charge is -2.32. The molecule has 0 spiro atoms. The van der Waals surface area contributed by atoms with Gasteiger partial charge in [0.25, 0.3) is 0 Å². The minimum atomic E-state index is -3.87. The van der Waals surface area contributed by atoms with Crippen LogP contribution in [0.5, 0.6) is 11.5 Å². The molecular weight excluding hydrogens is 506 g/mol. The molecule has 0 aliphatic carbocycles. The van der Waals surface area contributed by atoms with Crippen molar-refractivity contribution in [3.05, 3.63) is 53.1 Å². The summed E-state index contributed by atoms with van der Waals surface area (Å²) >= 11 is 5.99. The molecule has 2 aromatic rings. The van der Waals surface area contributed by atoms with Crippen molar-refractivity contribution in [3.8, 4) is 11.5 Å². The number of carbonyl (C=O) groups excluding carboxylic acids is 2. The average molecular weight is 540 g/mol. The Labute approximate surface area is 218 Å². The molecule has 36 heavy (non-hydrogen) atoms. The molecule has 0 saturated heterocycles. The Bertz CT molecular complexity index is 1160. The molecule has 0 heterocycles. The summed E-state index contributed by atoms with van der Waals surface area (Å²) in [5.74, 6) is -0.142. The quantitative estimate of drug-likeness (QED) is 0.443. The lowest BCUT2D eigenvalue weighted by Crippen LogP contribution is -2.52. The van der Waals surface area contributed by atoms with Gasteiger partial charge in [0.15, 0.2) is 11.5 Å². The summed E-state index contributed by atoms with van der Waals surface area (Å²) in [6.45, 7) is 5.02. The van der Waals surface area contributed by atoms with Crippen molar-refractivity contribution < 1.29 is 27.5 Å². The number of hydrogen-bond acceptors (Lipinski definition) is 6. The fourth-order valence-corrected chi connectivity index (χ4v) is 4.40. The van der Waals surface area contributed by atoms with Crippen molar-refractivity contribution in [3.63, 3.8) is 0 Å². The fourth-order valence-electron chi connectivity index (χ4n) is 3.43. The number of sulfonamides is 1. The molecule has 2 aromatic carbocycles. The molecular formula is C25H34ClN3O6S. The maximum absolute atomic E-state index is 13.6. The Balaban J connectivity index is 2.43. The maximum atomic E-state index is 13.6. The first-order valence-corrected chi connectivity index (χ1v) is 13.7. The number of methoxy groups -OCH3 is 2. The van der Waals surface area contributed by atoms with Crippen LogP contribution >= 0.6 is 11.6 Å². The van der Waals surface area contributed by atoms with Gasteiger partial charge in [0.1, 0.15) is 12.6 Å². The Kier molecular flexibility index (Phi) is 10.4. The van der Waals surface area contributed by atoms with E-state index in [4.69, 9.17) is 21.1 Å². The molecule has 9 nitrogen and oxygen atoms in total. The second kappa shape index (κ2) is 12.8. The van der Waals surface area contributed by atoms with E-state index < -0.39 is 28.5 Å². The number of benzene rings is 2. The molecule has 0 fully saturated rings. The molecule has 2 amide bonds. The first-order chi connectivity index (χ1) is 16.9. The predicted molar refractivity (Wildman–Crippen MR) is 141 cm³/mol. The molecule has 0 aliphatic heterocycles. The third kappa shape index (κ3) is 7.76. The van der Waals surface area contributed by atoms with Crippen molar-refractivity contribution in [2.75, 3.05) is 31.3 Å². The van der Waals surface area contributed by atoms with E-state index >= 15 is 0 Å². The van der Waals surface area contributed by atoms with Gasteiger partial charge >= 0.3 is 0 Å². The zero-order chi connectivity index (χ0) is 27.0. The Hall–Kier alpha value is -2.98. The summed E-state index contributed by atoms with van der Waals surface area (Å²) in [7, 11) is -0.965. The highest BCUT2D eigenvalue weighted by Gasteiger charge is 2.30. The normalized spacial score (nSPS) is 12.9. The van der Waals surface area contributed by atoms with Crippen molar-refractivity contribution in [2.45, 2.75) is 45.8 Å². The fraction of sp³-hybridized carbons (Fsp3) is 0.440. The zero-order valence-corrected chi connectivity index (χ0v) is 23.0. The van der Waals surface area contributed by atoms with E-state index in [0.717, 1.165) is 22.5 Å². The number of carbonyl (C=O) groups is 2. The van der Waals surface area contributed by atoms with Crippen LogP contribution in [0.2, 0.25) is 5.02 Å². The number of halogens is 1. The molecule has 0 aliphatic rings. The monoisotopic (exact) mass is 539 g/mol. The average Bonchev–Trinajstić information content (AvgIpc) is 2.85. The molecule has 2 rings (SSSR count). The highest BCUT2D eigenvalue weighted by molar-refractivity contribution is 7.92. The number of amides is 2. The summed E-state index contributed by atoms with van der Waals surface area (Å²) in [4.78, 5) is 27.9. The van der Waals surface area contributed by atoms with Crippen molar-refractivity contribution in [2.24, 2.45) is 0 Å². The van der Waals surface area contributed by atoms with E-state index in [-0.39, 0.29) is 24.2 Å². The second-order valence-electron chi connectivity index (χ2n) is 8.45. The minimum Gasteiger partial charge on any atom is -0.493 e. The molecule has 2 atom stereocenters. The molecule has 1 N–H and O–H groups in total. The topological polar surface area (TPSA) is 105 Å². The van der Waals surface area contributed by atoms with Gasteiger partial charge in [-0.1, -0.05) is 30.7 Å². The van der Waals surface area contributed by atoms with Crippen LogP contribution in [-0.2, 0) is 26.2 Å². The van der Waals surface area contributed by atoms with E-state index in [9.17, 15) is 18.0 Å². The van der Waals surface area contributed by atoms with Crippen molar-refractivity contribution in [1.29, 1.82) is 0 Å². The number of hydrogen-bond donors (Lipinski definition) is 1. The van der Waals surface area contributed by atoms with Gasteiger partial charge in [0, 0.05) is 23.7 Å². The number of ether oxygens (including phenoxy) is 2. The van der Waals surface area contributed by atoms with Gasteiger partial charge in [-0.15, -0.1) is 0 Å². The minimum absolute atomic E-state index is 0.0771. The van der Waals surface area contributed by atoms with Gasteiger partial charge in [-0.25, -0.2) is 8.42 Å². The van der Waals surface area contributed by atoms with Crippen LogP contribution in [0.3, 0.4) is 0 Å². The van der Waals surface area contributed by atoms with Crippen LogP contribution in [0.4, 0.5) is 5.69 Å². The molecule has 0 saturated carbocycles. The summed E-state index contributed by atoms with van der Waals surface area (Å²) in [5.41, 5.74) is 0.972. The van der Waals surface area contributed by atoms with E-state index in [1.54, 1.807) is 37.3 Å². The zero-order valence-electron chi connectivity index (χ0n) is 21.4. The van der Waals surface area contributed by atoms with Crippen LogP contribution in [0.15, 0.2) is 42.5 Å². The smallest absolute Gasteiger partial charge is 0.244 e. The predicted octanol–water partition coefficient (Wildman–Crippen LogP) is 3.46. The van der Waals surface area contributed by atoms with Crippen LogP contribution < -0.4 is 19.1 Å². The molecule has 0 radical (unpaired) electrons. The first kappa shape index (κ1) is 29.3. The molecule has 198 valence electrons. The number of rotatable bonds is 12. The van der Waals surface area contributed by atoms with Gasteiger partial charge in [-0.3, -0.25) is 13.9 Å². The third-order valence-corrected chi connectivity index (χ3v) is 7.16. The SMILES string of the molecule is CCC(C)NC(=O)C(C)N(Cc1ccc(Cl)cc1)C(=O)CN(c1ccc(OC)c(OC)c1)S(C)(=O)=O. The highest BCUT2D eigenvalue weighted by atomic mass is 35.5. The van der Waals surface area contributed by atoms with Crippen LogP contribution in [0.25, 0.3) is 0 Å². The van der Waals surface area contributed by atoms with Crippen molar-refractivity contribution >= 4 is 39.1 Å². The second-order valence-corrected chi connectivity index (χ2v) is 10.8. The van der Waals surface area contributed by atoms with Gasteiger partial charge in [0.05, 0.1) is 26.2 Å². The van der Waals surface area contributed by atoms with E-state index in [2.05, 4.69) is 5.32 Å². The molecule has 11 heteroatoms. The summed E-state index contributed by atoms with van der Waals surface area (Å²) in [6.07, 6.45) is 1.74. The maximum Gasteiger partial charge on any atom is 0.244 e. The largest absolute Gasteiger partial charge is 0.493 e. The van der Waals surface area contributed by atoms with Crippen LogP contribution in [0.1, 0.15) is 32.8 Å². The van der Waals surface area contributed by atoms with E-state index in [0.29, 0.717) is 16.5 Å². The Morgan fingerprint density at radius 3 is 2.17 bits per heavy atom. The Morgan fingerprint density at radius 1 is 1.03 bits per heavy atom. The van der Waals surface area contributed by atoms with Gasteiger partial charge < -0.3 is 19.7 Å². The molecule has 2 unspecified atom stereocenters. The molecule has 0 bridgehead atoms. The number of nitrogens with one attached hydrogen (secondary N) is 1. The summed E-state index contributed by atoms with van der Waals surface area (Å²) in [6, 6.07) is 10.5. The summed E-state index contributed by atoms with van der Waals surface area (Å²) < 4.78 is 36.9. The number of anilines is 1.